The first-order chi connectivity index (χ1) is 14.0. The maximum absolute atomic E-state index is 13.3. The number of amides is 4. The third-order valence-electron chi connectivity index (χ3n) is 5.64. The van der Waals surface area contributed by atoms with E-state index in [1.54, 1.807) is 6.07 Å². The number of rotatable bonds is 7. The van der Waals surface area contributed by atoms with Crippen LogP contribution < -0.4 is 16.0 Å². The summed E-state index contributed by atoms with van der Waals surface area (Å²) in [6, 6.07) is 5.12. The fourth-order valence-corrected chi connectivity index (χ4v) is 4.09. The molecule has 3 N–H and O–H groups in total. The standard InChI is InChI=1S/C21H29FN4O3/c22-16-7-4-8-17(15-16)24-20(29)25-21(10-2-1-3-11-21)19(28)23-12-6-14-26-13-5-9-18(26)27/h4,7-8,15H,1-3,5-6,9-14H2,(H,23,28)(H2,24,25,29). The fraction of sp³-hybridized carbons (Fsp3) is 0.571. The highest BCUT2D eigenvalue weighted by Crippen LogP contribution is 2.28. The Bertz CT molecular complexity index is 749. The predicted molar refractivity (Wildman–Crippen MR) is 108 cm³/mol. The number of carbonyl (C=O) groups excluding carboxylic acids is 3. The maximum Gasteiger partial charge on any atom is 0.320 e. The number of anilines is 1. The van der Waals surface area contributed by atoms with E-state index >= 15 is 0 Å². The number of carbonyl (C=O) groups is 3. The zero-order valence-electron chi connectivity index (χ0n) is 16.6. The average Bonchev–Trinajstić information content (AvgIpc) is 3.10. The van der Waals surface area contributed by atoms with Crippen molar-refractivity contribution in [3.63, 3.8) is 0 Å². The highest BCUT2D eigenvalue weighted by Gasteiger charge is 2.40. The van der Waals surface area contributed by atoms with Gasteiger partial charge in [-0.3, -0.25) is 9.59 Å². The molecule has 0 spiro atoms. The molecule has 7 nitrogen and oxygen atoms in total. The van der Waals surface area contributed by atoms with Crippen LogP contribution in [0.3, 0.4) is 0 Å². The molecular weight excluding hydrogens is 375 g/mol. The molecule has 1 aromatic carbocycles. The molecule has 0 aromatic heterocycles. The van der Waals surface area contributed by atoms with Gasteiger partial charge < -0.3 is 20.9 Å². The van der Waals surface area contributed by atoms with E-state index in [2.05, 4.69) is 16.0 Å². The minimum atomic E-state index is -0.959. The molecule has 158 valence electrons. The Balaban J connectivity index is 1.53. The predicted octanol–water partition coefficient (Wildman–Crippen LogP) is 2.78. The lowest BCUT2D eigenvalue weighted by Crippen LogP contribution is -2.60. The highest BCUT2D eigenvalue weighted by molar-refractivity contribution is 5.96. The molecule has 1 heterocycles. The Morgan fingerprint density at radius 1 is 1.14 bits per heavy atom. The number of benzene rings is 1. The smallest absolute Gasteiger partial charge is 0.320 e. The fourth-order valence-electron chi connectivity index (χ4n) is 4.09. The van der Waals surface area contributed by atoms with E-state index < -0.39 is 17.4 Å². The molecule has 1 saturated heterocycles. The average molecular weight is 404 g/mol. The largest absolute Gasteiger partial charge is 0.354 e. The van der Waals surface area contributed by atoms with Crippen molar-refractivity contribution >= 4 is 23.5 Å². The summed E-state index contributed by atoms with van der Waals surface area (Å²) in [7, 11) is 0. The van der Waals surface area contributed by atoms with Crippen molar-refractivity contribution in [3.8, 4) is 0 Å². The number of nitrogens with zero attached hydrogens (tertiary/aromatic N) is 1. The van der Waals surface area contributed by atoms with E-state index in [9.17, 15) is 18.8 Å². The van der Waals surface area contributed by atoms with E-state index in [-0.39, 0.29) is 11.8 Å². The molecule has 0 unspecified atom stereocenters. The van der Waals surface area contributed by atoms with Gasteiger partial charge in [-0.05, 0) is 43.9 Å². The van der Waals surface area contributed by atoms with Crippen molar-refractivity contribution in [1.29, 1.82) is 0 Å². The summed E-state index contributed by atoms with van der Waals surface area (Å²) in [5.41, 5.74) is -0.622. The maximum atomic E-state index is 13.3. The Morgan fingerprint density at radius 2 is 1.93 bits per heavy atom. The van der Waals surface area contributed by atoms with Crippen molar-refractivity contribution in [1.82, 2.24) is 15.5 Å². The third kappa shape index (κ3) is 5.68. The van der Waals surface area contributed by atoms with Gasteiger partial charge >= 0.3 is 6.03 Å². The molecule has 2 aliphatic rings. The zero-order chi connectivity index (χ0) is 20.7. The third-order valence-corrected chi connectivity index (χ3v) is 5.64. The second-order valence-corrected chi connectivity index (χ2v) is 7.83. The molecule has 8 heteroatoms. The lowest BCUT2D eigenvalue weighted by molar-refractivity contribution is -0.128. The van der Waals surface area contributed by atoms with Crippen molar-refractivity contribution in [2.45, 2.75) is 56.9 Å². The first-order valence-electron chi connectivity index (χ1n) is 10.4. The molecule has 1 aliphatic heterocycles. The lowest BCUT2D eigenvalue weighted by atomic mass is 9.81. The summed E-state index contributed by atoms with van der Waals surface area (Å²) in [4.78, 5) is 38.9. The van der Waals surface area contributed by atoms with Gasteiger partial charge in [0.05, 0.1) is 0 Å². The summed E-state index contributed by atoms with van der Waals surface area (Å²) in [5.74, 6) is -0.459. The Hall–Kier alpha value is -2.64. The summed E-state index contributed by atoms with van der Waals surface area (Å²) in [6.45, 7) is 1.88. The van der Waals surface area contributed by atoms with Crippen LogP contribution in [0, 0.1) is 5.82 Å². The van der Waals surface area contributed by atoms with Crippen LogP contribution in [-0.2, 0) is 9.59 Å². The molecule has 0 radical (unpaired) electrons. The molecule has 0 bridgehead atoms. The number of hydrogen-bond donors (Lipinski definition) is 3. The summed E-state index contributed by atoms with van der Waals surface area (Å²) < 4.78 is 13.3. The first-order valence-corrected chi connectivity index (χ1v) is 10.4. The zero-order valence-corrected chi connectivity index (χ0v) is 16.6. The molecular formula is C21H29FN4O3. The number of hydrogen-bond acceptors (Lipinski definition) is 3. The summed E-state index contributed by atoms with van der Waals surface area (Å²) in [6.07, 6.45) is 6.08. The van der Waals surface area contributed by atoms with Crippen molar-refractivity contribution in [3.05, 3.63) is 30.1 Å². The monoisotopic (exact) mass is 404 g/mol. The number of halogens is 1. The van der Waals surface area contributed by atoms with Crippen molar-refractivity contribution in [2.75, 3.05) is 25.0 Å². The van der Waals surface area contributed by atoms with Crippen LogP contribution in [0.5, 0.6) is 0 Å². The minimum absolute atomic E-state index is 0.177. The van der Waals surface area contributed by atoms with E-state index in [1.807, 2.05) is 4.90 Å². The molecule has 2 fully saturated rings. The van der Waals surface area contributed by atoms with Gasteiger partial charge in [0.1, 0.15) is 11.4 Å². The van der Waals surface area contributed by atoms with Crippen LogP contribution >= 0.6 is 0 Å². The van der Waals surface area contributed by atoms with Gasteiger partial charge in [-0.15, -0.1) is 0 Å². The Morgan fingerprint density at radius 3 is 2.62 bits per heavy atom. The van der Waals surface area contributed by atoms with E-state index in [4.69, 9.17) is 0 Å². The van der Waals surface area contributed by atoms with Gasteiger partial charge in [0.2, 0.25) is 11.8 Å². The first kappa shape index (κ1) is 21.1. The van der Waals surface area contributed by atoms with E-state index in [0.29, 0.717) is 44.5 Å². The Kier molecular flexibility index (Phi) is 7.06. The van der Waals surface area contributed by atoms with Gasteiger partial charge in [0.15, 0.2) is 0 Å². The van der Waals surface area contributed by atoms with Crippen LogP contribution in [0.15, 0.2) is 24.3 Å². The van der Waals surface area contributed by atoms with Crippen molar-refractivity contribution in [2.24, 2.45) is 0 Å². The highest BCUT2D eigenvalue weighted by atomic mass is 19.1. The number of nitrogens with one attached hydrogen (secondary N) is 3. The SMILES string of the molecule is O=C(Nc1cccc(F)c1)NC1(C(=O)NCCCN2CCCC2=O)CCCCC1. The topological polar surface area (TPSA) is 90.5 Å². The van der Waals surface area contributed by atoms with Crippen LogP contribution in [0.1, 0.15) is 51.4 Å². The van der Waals surface area contributed by atoms with Gasteiger partial charge in [0, 0.05) is 31.7 Å². The van der Waals surface area contributed by atoms with Crippen molar-refractivity contribution < 1.29 is 18.8 Å². The van der Waals surface area contributed by atoms with Crippen LogP contribution in [0.4, 0.5) is 14.9 Å². The van der Waals surface area contributed by atoms with E-state index in [1.165, 1.54) is 18.2 Å². The minimum Gasteiger partial charge on any atom is -0.354 e. The van der Waals surface area contributed by atoms with Gasteiger partial charge in [0.25, 0.3) is 0 Å². The molecule has 3 rings (SSSR count). The molecule has 1 aromatic rings. The van der Waals surface area contributed by atoms with E-state index in [0.717, 1.165) is 32.2 Å². The second-order valence-electron chi connectivity index (χ2n) is 7.83. The number of likely N-dealkylation sites (tertiary alicyclic amines) is 1. The number of urea groups is 1. The lowest BCUT2D eigenvalue weighted by Gasteiger charge is -2.36. The van der Waals surface area contributed by atoms with Crippen LogP contribution in [-0.4, -0.2) is 47.9 Å². The molecule has 29 heavy (non-hydrogen) atoms. The van der Waals surface area contributed by atoms with Gasteiger partial charge in [-0.1, -0.05) is 25.3 Å². The summed E-state index contributed by atoms with van der Waals surface area (Å²) in [5, 5.41) is 8.38. The van der Waals surface area contributed by atoms with Crippen LogP contribution in [0.25, 0.3) is 0 Å². The summed E-state index contributed by atoms with van der Waals surface area (Å²) >= 11 is 0. The quantitative estimate of drug-likeness (QED) is 0.611. The normalized spacial score (nSPS) is 18.4. The van der Waals surface area contributed by atoms with Gasteiger partial charge in [-0.25, -0.2) is 9.18 Å². The van der Waals surface area contributed by atoms with Crippen LogP contribution in [0.2, 0.25) is 0 Å². The molecule has 1 saturated carbocycles. The Labute approximate surface area is 170 Å². The molecule has 0 atom stereocenters. The van der Waals surface area contributed by atoms with Gasteiger partial charge in [-0.2, -0.15) is 0 Å². The molecule has 4 amide bonds. The second kappa shape index (κ2) is 9.71. The molecule has 1 aliphatic carbocycles.